The molecule has 4 nitrogen and oxygen atoms in total. The highest BCUT2D eigenvalue weighted by Gasteiger charge is 2.16. The zero-order chi connectivity index (χ0) is 14.0. The molecule has 0 radical (unpaired) electrons. The smallest absolute Gasteiger partial charge is 0.247 e. The van der Waals surface area contributed by atoms with Gasteiger partial charge >= 0.3 is 0 Å². The molecule has 2 aromatic rings. The van der Waals surface area contributed by atoms with Crippen molar-refractivity contribution in [1.82, 2.24) is 9.71 Å². The molecule has 8 heteroatoms. The molecule has 0 aliphatic heterocycles. The molecule has 2 rings (SSSR count). The summed E-state index contributed by atoms with van der Waals surface area (Å²) < 4.78 is 27.7. The molecule has 0 aliphatic carbocycles. The third-order valence-electron chi connectivity index (χ3n) is 2.46. The molecule has 0 atom stereocenters. The van der Waals surface area contributed by atoms with Crippen LogP contribution in [-0.4, -0.2) is 19.9 Å². The summed E-state index contributed by atoms with van der Waals surface area (Å²) in [7, 11) is -3.39. The van der Waals surface area contributed by atoms with Crippen LogP contribution in [0.2, 0.25) is 0 Å². The van der Waals surface area contributed by atoms with Crippen LogP contribution in [0.5, 0.6) is 0 Å². The average Bonchev–Trinajstić information content (AvgIpc) is 2.86. The van der Waals surface area contributed by atoms with Gasteiger partial charge in [0.25, 0.3) is 0 Å². The molecule has 0 unspecified atom stereocenters. The van der Waals surface area contributed by atoms with E-state index in [0.29, 0.717) is 17.2 Å². The lowest BCUT2D eigenvalue weighted by Gasteiger charge is -2.03. The second kappa shape index (κ2) is 6.01. The monoisotopic (exact) mass is 380 g/mol. The van der Waals surface area contributed by atoms with Crippen molar-refractivity contribution in [1.29, 1.82) is 0 Å². The van der Waals surface area contributed by atoms with E-state index in [9.17, 15) is 8.42 Å². The number of rotatable bonds is 5. The Hall–Kier alpha value is -0.280. The Labute approximate surface area is 129 Å². The van der Waals surface area contributed by atoms with Gasteiger partial charge in [0.1, 0.15) is 4.21 Å². The predicted molar refractivity (Wildman–Crippen MR) is 82.5 cm³/mol. The lowest BCUT2D eigenvalue weighted by Crippen LogP contribution is -2.25. The van der Waals surface area contributed by atoms with Gasteiger partial charge in [0.05, 0.1) is 14.5 Å². The first kappa shape index (κ1) is 15.1. The average molecular weight is 381 g/mol. The summed E-state index contributed by atoms with van der Waals surface area (Å²) in [4.78, 5) is 5.46. The van der Waals surface area contributed by atoms with Crippen LogP contribution < -0.4 is 4.72 Å². The van der Waals surface area contributed by atoms with Crippen molar-refractivity contribution >= 4 is 48.6 Å². The topological polar surface area (TPSA) is 59.1 Å². The van der Waals surface area contributed by atoms with Gasteiger partial charge in [-0.3, -0.25) is 0 Å². The van der Waals surface area contributed by atoms with Crippen molar-refractivity contribution in [3.63, 3.8) is 0 Å². The highest BCUT2D eigenvalue weighted by Crippen LogP contribution is 2.25. The maximum Gasteiger partial charge on any atom is 0.250 e. The van der Waals surface area contributed by atoms with Gasteiger partial charge in [-0.25, -0.2) is 18.1 Å². The Morgan fingerprint density at radius 1 is 1.32 bits per heavy atom. The SMILES string of the molecule is Cc1nc(C)c(CCNS(=O)(=O)c2ccc(Br)s2)s1. The molecule has 104 valence electrons. The number of hydrogen-bond donors (Lipinski definition) is 1. The predicted octanol–water partition coefficient (Wildman–Crippen LogP) is 3.10. The normalized spacial score (nSPS) is 11.9. The fourth-order valence-corrected chi connectivity index (χ4v) is 5.64. The summed E-state index contributed by atoms with van der Waals surface area (Å²) in [6.45, 7) is 4.29. The molecule has 2 heterocycles. The van der Waals surface area contributed by atoms with Gasteiger partial charge in [0.2, 0.25) is 10.0 Å². The zero-order valence-corrected chi connectivity index (χ0v) is 14.5. The number of hydrogen-bond acceptors (Lipinski definition) is 5. The Morgan fingerprint density at radius 2 is 2.05 bits per heavy atom. The van der Waals surface area contributed by atoms with Crippen LogP contribution in [0.3, 0.4) is 0 Å². The zero-order valence-electron chi connectivity index (χ0n) is 10.4. The van der Waals surface area contributed by atoms with Crippen LogP contribution >= 0.6 is 38.6 Å². The number of aromatic nitrogens is 1. The van der Waals surface area contributed by atoms with E-state index in [1.807, 2.05) is 13.8 Å². The highest BCUT2D eigenvalue weighted by atomic mass is 79.9. The van der Waals surface area contributed by atoms with Crippen molar-refractivity contribution in [2.75, 3.05) is 6.54 Å². The quantitative estimate of drug-likeness (QED) is 0.866. The number of thiazole rings is 1. The summed E-state index contributed by atoms with van der Waals surface area (Å²) in [5.41, 5.74) is 0.987. The van der Waals surface area contributed by atoms with Crippen LogP contribution in [0.1, 0.15) is 15.6 Å². The lowest BCUT2D eigenvalue weighted by atomic mass is 10.3. The third kappa shape index (κ3) is 3.85. The number of nitrogens with zero attached hydrogens (tertiary/aromatic N) is 1. The van der Waals surface area contributed by atoms with Crippen LogP contribution in [0.25, 0.3) is 0 Å². The molecule has 0 amide bonds. The first-order chi connectivity index (χ1) is 8.88. The van der Waals surface area contributed by atoms with Gasteiger partial charge in [-0.05, 0) is 48.3 Å². The molecule has 0 bridgehead atoms. The van der Waals surface area contributed by atoms with E-state index in [4.69, 9.17) is 0 Å². The molecule has 0 saturated heterocycles. The Bertz CT molecular complexity index is 676. The highest BCUT2D eigenvalue weighted by molar-refractivity contribution is 9.11. The maximum absolute atomic E-state index is 12.0. The minimum absolute atomic E-state index is 0.330. The van der Waals surface area contributed by atoms with Crippen molar-refractivity contribution in [2.45, 2.75) is 24.5 Å². The molecular weight excluding hydrogens is 368 g/mol. The molecule has 0 aromatic carbocycles. The van der Waals surface area contributed by atoms with E-state index in [1.54, 1.807) is 23.5 Å². The molecular formula is C11H13BrN2O2S3. The number of aryl methyl sites for hydroxylation is 2. The van der Waals surface area contributed by atoms with Crippen LogP contribution in [0.4, 0.5) is 0 Å². The van der Waals surface area contributed by atoms with E-state index in [0.717, 1.165) is 19.4 Å². The summed E-state index contributed by atoms with van der Waals surface area (Å²) in [6.07, 6.45) is 0.670. The molecule has 0 saturated carbocycles. The Kier molecular flexibility index (Phi) is 4.78. The number of halogens is 1. The van der Waals surface area contributed by atoms with Gasteiger partial charge in [-0.2, -0.15) is 0 Å². The standard InChI is InChI=1S/C11H13BrN2O2S3/c1-7-9(17-8(2)14-7)5-6-13-19(15,16)11-4-3-10(12)18-11/h3-4,13H,5-6H2,1-2H3. The van der Waals surface area contributed by atoms with Crippen LogP contribution in [0.15, 0.2) is 20.1 Å². The third-order valence-corrected chi connectivity index (χ3v) is 7.17. The van der Waals surface area contributed by atoms with Crippen LogP contribution in [0, 0.1) is 13.8 Å². The minimum atomic E-state index is -3.39. The van der Waals surface area contributed by atoms with E-state index in [2.05, 4.69) is 25.6 Å². The number of thiophene rings is 1. The van der Waals surface area contributed by atoms with E-state index < -0.39 is 10.0 Å². The number of sulfonamides is 1. The van der Waals surface area contributed by atoms with Crippen molar-refractivity contribution < 1.29 is 8.42 Å². The Balaban J connectivity index is 1.97. The summed E-state index contributed by atoms with van der Waals surface area (Å²) in [5, 5.41) is 1.01. The van der Waals surface area contributed by atoms with Gasteiger partial charge in [0.15, 0.2) is 0 Å². The fraction of sp³-hybridized carbons (Fsp3) is 0.364. The second-order valence-corrected chi connectivity index (χ2v) is 9.69. The largest absolute Gasteiger partial charge is 0.250 e. The number of nitrogens with one attached hydrogen (secondary N) is 1. The van der Waals surface area contributed by atoms with E-state index in [1.165, 1.54) is 11.3 Å². The van der Waals surface area contributed by atoms with Crippen molar-refractivity contribution in [2.24, 2.45) is 0 Å². The van der Waals surface area contributed by atoms with Crippen molar-refractivity contribution in [3.05, 3.63) is 31.5 Å². The summed E-state index contributed by atoms with van der Waals surface area (Å²) >= 11 is 6.08. The molecule has 2 aromatic heterocycles. The maximum atomic E-state index is 12.0. The molecule has 0 fully saturated rings. The first-order valence-corrected chi connectivity index (χ1v) is 9.47. The van der Waals surface area contributed by atoms with Gasteiger partial charge in [-0.1, -0.05) is 0 Å². The van der Waals surface area contributed by atoms with E-state index >= 15 is 0 Å². The molecule has 19 heavy (non-hydrogen) atoms. The summed E-state index contributed by atoms with van der Waals surface area (Å²) in [5.74, 6) is 0. The van der Waals surface area contributed by atoms with E-state index in [-0.39, 0.29) is 0 Å². The second-order valence-electron chi connectivity index (χ2n) is 3.95. The first-order valence-electron chi connectivity index (χ1n) is 5.56. The van der Waals surface area contributed by atoms with Crippen molar-refractivity contribution in [3.8, 4) is 0 Å². The lowest BCUT2D eigenvalue weighted by molar-refractivity contribution is 0.584. The molecule has 0 spiro atoms. The molecule has 1 N–H and O–H groups in total. The molecule has 0 aliphatic rings. The Morgan fingerprint density at radius 3 is 2.58 bits per heavy atom. The minimum Gasteiger partial charge on any atom is -0.247 e. The summed E-state index contributed by atoms with van der Waals surface area (Å²) in [6, 6.07) is 3.33. The van der Waals surface area contributed by atoms with Gasteiger partial charge in [0, 0.05) is 11.4 Å². The van der Waals surface area contributed by atoms with Gasteiger partial charge in [-0.15, -0.1) is 22.7 Å². The van der Waals surface area contributed by atoms with Crippen LogP contribution in [-0.2, 0) is 16.4 Å². The fourth-order valence-electron chi connectivity index (χ4n) is 1.62. The van der Waals surface area contributed by atoms with Gasteiger partial charge < -0.3 is 0 Å².